The van der Waals surface area contributed by atoms with Crippen LogP contribution in [0.1, 0.15) is 5.56 Å². The number of hydrogen-bond acceptors (Lipinski definition) is 4. The van der Waals surface area contributed by atoms with Crippen LogP contribution in [0, 0.1) is 0 Å². The summed E-state index contributed by atoms with van der Waals surface area (Å²) in [5.41, 5.74) is 3.52. The van der Waals surface area contributed by atoms with Gasteiger partial charge in [-0.25, -0.2) is 0 Å². The summed E-state index contributed by atoms with van der Waals surface area (Å²) in [5, 5.41) is 12.6. The monoisotopic (exact) mass is 425 g/mol. The van der Waals surface area contributed by atoms with Gasteiger partial charge in [-0.1, -0.05) is 53.5 Å². The van der Waals surface area contributed by atoms with Crippen molar-refractivity contribution < 1.29 is 0 Å². The quantitative estimate of drug-likeness (QED) is 0.509. The molecule has 0 amide bonds. The van der Waals surface area contributed by atoms with E-state index in [0.717, 1.165) is 16.8 Å². The van der Waals surface area contributed by atoms with Crippen molar-refractivity contribution in [3.8, 4) is 16.9 Å². The molecule has 0 aliphatic heterocycles. The lowest BCUT2D eigenvalue weighted by molar-refractivity contribution is 0.770. The lowest BCUT2D eigenvalue weighted by atomic mass is 10.1. The zero-order chi connectivity index (χ0) is 20.4. The van der Waals surface area contributed by atoms with Gasteiger partial charge in [-0.2, -0.15) is 14.9 Å². The Bertz CT molecular complexity index is 1200. The molecule has 146 valence electrons. The molecule has 0 aliphatic rings. The number of aryl methyl sites for hydroxylation is 1. The van der Waals surface area contributed by atoms with Crippen LogP contribution in [0.25, 0.3) is 16.9 Å². The SMILES string of the molecule is Cn1cc(CNc2cnn(-c3ccc(Cl)cc3)c(=O)c2Cl)c(-c2ccccc2)n1. The third kappa shape index (κ3) is 4.04. The van der Waals surface area contributed by atoms with Gasteiger partial charge in [0.25, 0.3) is 5.56 Å². The van der Waals surface area contributed by atoms with Gasteiger partial charge in [0.05, 0.1) is 23.3 Å². The van der Waals surface area contributed by atoms with Crippen molar-refractivity contribution >= 4 is 28.9 Å². The summed E-state index contributed by atoms with van der Waals surface area (Å²) in [6, 6.07) is 16.7. The number of rotatable bonds is 5. The highest BCUT2D eigenvalue weighted by Crippen LogP contribution is 2.24. The highest BCUT2D eigenvalue weighted by Gasteiger charge is 2.13. The van der Waals surface area contributed by atoms with Crippen LogP contribution in [-0.4, -0.2) is 19.6 Å². The van der Waals surface area contributed by atoms with Crippen molar-refractivity contribution in [3.63, 3.8) is 0 Å². The Kier molecular flexibility index (Phi) is 5.38. The van der Waals surface area contributed by atoms with Gasteiger partial charge in [-0.05, 0) is 24.3 Å². The molecule has 0 unspecified atom stereocenters. The maximum absolute atomic E-state index is 12.7. The van der Waals surface area contributed by atoms with Crippen molar-refractivity contribution in [1.82, 2.24) is 19.6 Å². The second-order valence-corrected chi connectivity index (χ2v) is 7.28. The smallest absolute Gasteiger partial charge is 0.292 e. The number of nitrogens with zero attached hydrogens (tertiary/aromatic N) is 4. The Morgan fingerprint density at radius 1 is 1.03 bits per heavy atom. The molecule has 0 radical (unpaired) electrons. The van der Waals surface area contributed by atoms with E-state index < -0.39 is 5.56 Å². The number of anilines is 1. The molecule has 0 spiro atoms. The Hall–Kier alpha value is -3.09. The van der Waals surface area contributed by atoms with Gasteiger partial charge in [-0.15, -0.1) is 0 Å². The van der Waals surface area contributed by atoms with Gasteiger partial charge in [0, 0.05) is 35.9 Å². The molecule has 2 heterocycles. The molecule has 4 aromatic rings. The van der Waals surface area contributed by atoms with Crippen molar-refractivity contribution in [2.75, 3.05) is 5.32 Å². The lowest BCUT2D eigenvalue weighted by Gasteiger charge is -2.10. The first-order valence-electron chi connectivity index (χ1n) is 8.88. The van der Waals surface area contributed by atoms with Crippen LogP contribution in [0.4, 0.5) is 5.69 Å². The maximum atomic E-state index is 12.7. The molecule has 0 saturated heterocycles. The normalized spacial score (nSPS) is 10.9. The molecule has 2 aromatic carbocycles. The fourth-order valence-electron chi connectivity index (χ4n) is 3.02. The average Bonchev–Trinajstić information content (AvgIpc) is 3.11. The van der Waals surface area contributed by atoms with Gasteiger partial charge in [0.1, 0.15) is 5.02 Å². The fourth-order valence-corrected chi connectivity index (χ4v) is 3.34. The highest BCUT2D eigenvalue weighted by atomic mass is 35.5. The highest BCUT2D eigenvalue weighted by molar-refractivity contribution is 6.33. The van der Waals surface area contributed by atoms with Gasteiger partial charge in [0.2, 0.25) is 0 Å². The van der Waals surface area contributed by atoms with Gasteiger partial charge in [-0.3, -0.25) is 9.48 Å². The molecule has 1 N–H and O–H groups in total. The van der Waals surface area contributed by atoms with Crippen LogP contribution in [0.5, 0.6) is 0 Å². The largest absolute Gasteiger partial charge is 0.378 e. The standard InChI is InChI=1S/C21H17Cl2N5O/c1-27-13-15(20(26-27)14-5-3-2-4-6-14)11-24-18-12-25-28(21(29)19(18)23)17-9-7-16(22)8-10-17/h2-10,12-13,24H,11H2,1H3. The first kappa shape index (κ1) is 19.2. The molecule has 8 heteroatoms. The zero-order valence-corrected chi connectivity index (χ0v) is 17.0. The van der Waals surface area contributed by atoms with Crippen LogP contribution in [-0.2, 0) is 13.6 Å². The molecule has 0 fully saturated rings. The fraction of sp³-hybridized carbons (Fsp3) is 0.0952. The van der Waals surface area contributed by atoms with E-state index in [1.54, 1.807) is 28.9 Å². The number of nitrogens with one attached hydrogen (secondary N) is 1. The molecule has 0 bridgehead atoms. The maximum Gasteiger partial charge on any atom is 0.292 e. The van der Waals surface area contributed by atoms with Crippen molar-refractivity contribution in [3.05, 3.63) is 93.0 Å². The number of halogens is 2. The van der Waals surface area contributed by atoms with E-state index in [1.165, 1.54) is 10.9 Å². The summed E-state index contributed by atoms with van der Waals surface area (Å²) < 4.78 is 3.00. The summed E-state index contributed by atoms with van der Waals surface area (Å²) in [7, 11) is 1.87. The number of aromatic nitrogens is 4. The molecular formula is C21H17Cl2N5O. The summed E-state index contributed by atoms with van der Waals surface area (Å²) >= 11 is 12.2. The van der Waals surface area contributed by atoms with E-state index in [0.29, 0.717) is 22.9 Å². The molecule has 29 heavy (non-hydrogen) atoms. The van der Waals surface area contributed by atoms with Crippen molar-refractivity contribution in [1.29, 1.82) is 0 Å². The summed E-state index contributed by atoms with van der Waals surface area (Å²) in [6.07, 6.45) is 3.47. The number of hydrogen-bond donors (Lipinski definition) is 1. The minimum absolute atomic E-state index is 0.0695. The van der Waals surface area contributed by atoms with E-state index in [9.17, 15) is 4.79 Å². The molecule has 0 atom stereocenters. The summed E-state index contributed by atoms with van der Waals surface area (Å²) in [6.45, 7) is 0.448. The molecule has 4 rings (SSSR count). The summed E-state index contributed by atoms with van der Waals surface area (Å²) in [5.74, 6) is 0. The molecular weight excluding hydrogens is 409 g/mol. The first-order chi connectivity index (χ1) is 14.0. The third-order valence-electron chi connectivity index (χ3n) is 4.41. The summed E-state index contributed by atoms with van der Waals surface area (Å²) in [4.78, 5) is 12.7. The van der Waals surface area contributed by atoms with Crippen LogP contribution in [0.2, 0.25) is 10.0 Å². The zero-order valence-electron chi connectivity index (χ0n) is 15.5. The predicted molar refractivity (Wildman–Crippen MR) is 116 cm³/mol. The first-order valence-corrected chi connectivity index (χ1v) is 9.64. The Balaban J connectivity index is 1.60. The number of benzene rings is 2. The molecule has 0 saturated carbocycles. The van der Waals surface area contributed by atoms with E-state index >= 15 is 0 Å². The predicted octanol–water partition coefficient (Wildman–Crippen LogP) is 4.55. The lowest BCUT2D eigenvalue weighted by Crippen LogP contribution is -2.22. The van der Waals surface area contributed by atoms with E-state index in [2.05, 4.69) is 15.5 Å². The minimum atomic E-state index is -0.409. The Morgan fingerprint density at radius 2 is 1.76 bits per heavy atom. The minimum Gasteiger partial charge on any atom is -0.378 e. The second-order valence-electron chi connectivity index (χ2n) is 6.46. The van der Waals surface area contributed by atoms with Crippen LogP contribution in [0.15, 0.2) is 71.8 Å². The van der Waals surface area contributed by atoms with Gasteiger partial charge in [0.15, 0.2) is 0 Å². The topological polar surface area (TPSA) is 64.7 Å². The van der Waals surface area contributed by atoms with Gasteiger partial charge < -0.3 is 5.32 Å². The third-order valence-corrected chi connectivity index (χ3v) is 5.03. The van der Waals surface area contributed by atoms with E-state index in [-0.39, 0.29) is 5.02 Å². The van der Waals surface area contributed by atoms with E-state index in [1.807, 2.05) is 43.6 Å². The van der Waals surface area contributed by atoms with Crippen LogP contribution < -0.4 is 10.9 Å². The van der Waals surface area contributed by atoms with Gasteiger partial charge >= 0.3 is 0 Å². The van der Waals surface area contributed by atoms with Crippen LogP contribution >= 0.6 is 23.2 Å². The Labute approximate surface area is 177 Å². The van der Waals surface area contributed by atoms with Crippen molar-refractivity contribution in [2.24, 2.45) is 7.05 Å². The van der Waals surface area contributed by atoms with Crippen molar-refractivity contribution in [2.45, 2.75) is 6.54 Å². The molecule has 6 nitrogen and oxygen atoms in total. The molecule has 2 aromatic heterocycles. The second kappa shape index (κ2) is 8.11. The van der Waals surface area contributed by atoms with Crippen LogP contribution in [0.3, 0.4) is 0 Å². The van der Waals surface area contributed by atoms with E-state index in [4.69, 9.17) is 23.2 Å². The Morgan fingerprint density at radius 3 is 2.48 bits per heavy atom. The average molecular weight is 426 g/mol. The molecule has 0 aliphatic carbocycles.